The lowest BCUT2D eigenvalue weighted by Gasteiger charge is -2.12. The van der Waals surface area contributed by atoms with Gasteiger partial charge in [0.25, 0.3) is 0 Å². The Morgan fingerprint density at radius 3 is 2.56 bits per heavy atom. The lowest BCUT2D eigenvalue weighted by molar-refractivity contribution is 0.0689. The highest BCUT2D eigenvalue weighted by Crippen LogP contribution is 2.16. The van der Waals surface area contributed by atoms with Gasteiger partial charge < -0.3 is 20.1 Å². The zero-order chi connectivity index (χ0) is 18.3. The van der Waals surface area contributed by atoms with Gasteiger partial charge in [0.1, 0.15) is 5.82 Å². The molecule has 25 heavy (non-hydrogen) atoms. The molecular weight excluding hydrogens is 389 g/mol. The molecule has 0 aliphatic carbocycles. The largest absolute Gasteiger partial charge is 0.382 e. The molecule has 0 unspecified atom stereocenters. The molecule has 0 amide bonds. The Kier molecular flexibility index (Phi) is 12.3. The molecular formula is C18H29BrFN3O2. The van der Waals surface area contributed by atoms with E-state index in [1.807, 2.05) is 12.1 Å². The fourth-order valence-corrected chi connectivity index (χ4v) is 2.54. The molecule has 0 bridgehead atoms. The SMILES string of the molecule is CN=C(NCCCCOCCOC)NCCCc1ccc(Br)cc1F. The van der Waals surface area contributed by atoms with Crippen molar-refractivity contribution in [2.24, 2.45) is 4.99 Å². The molecule has 0 atom stereocenters. The molecule has 1 aromatic carbocycles. The van der Waals surface area contributed by atoms with E-state index in [-0.39, 0.29) is 5.82 Å². The van der Waals surface area contributed by atoms with E-state index >= 15 is 0 Å². The van der Waals surface area contributed by atoms with E-state index in [4.69, 9.17) is 9.47 Å². The molecule has 0 saturated heterocycles. The Labute approximate surface area is 158 Å². The zero-order valence-corrected chi connectivity index (χ0v) is 16.7. The van der Waals surface area contributed by atoms with E-state index in [1.165, 1.54) is 6.07 Å². The van der Waals surface area contributed by atoms with Crippen LogP contribution in [-0.2, 0) is 15.9 Å². The maximum Gasteiger partial charge on any atom is 0.190 e. The predicted octanol–water partition coefficient (Wildman–Crippen LogP) is 3.13. The summed E-state index contributed by atoms with van der Waals surface area (Å²) in [5.74, 6) is 0.612. The molecule has 2 N–H and O–H groups in total. The number of benzene rings is 1. The minimum Gasteiger partial charge on any atom is -0.382 e. The number of rotatable bonds is 12. The van der Waals surface area contributed by atoms with Crippen molar-refractivity contribution in [3.05, 3.63) is 34.1 Å². The van der Waals surface area contributed by atoms with Crippen LogP contribution < -0.4 is 10.6 Å². The van der Waals surface area contributed by atoms with Gasteiger partial charge in [-0.15, -0.1) is 0 Å². The van der Waals surface area contributed by atoms with E-state index in [1.54, 1.807) is 14.2 Å². The third-order valence-corrected chi connectivity index (χ3v) is 4.09. The number of nitrogens with one attached hydrogen (secondary N) is 2. The number of aliphatic imine (C=N–C) groups is 1. The number of hydrogen-bond acceptors (Lipinski definition) is 3. The van der Waals surface area contributed by atoms with Crippen LogP contribution in [0.1, 0.15) is 24.8 Å². The molecule has 0 saturated carbocycles. The summed E-state index contributed by atoms with van der Waals surface area (Å²) >= 11 is 3.27. The number of aryl methyl sites for hydroxylation is 1. The summed E-state index contributed by atoms with van der Waals surface area (Å²) in [6, 6.07) is 5.19. The summed E-state index contributed by atoms with van der Waals surface area (Å²) in [5, 5.41) is 6.52. The van der Waals surface area contributed by atoms with E-state index < -0.39 is 0 Å². The molecule has 0 aliphatic heterocycles. The van der Waals surface area contributed by atoms with Gasteiger partial charge in [0, 0.05) is 38.3 Å². The number of unbranched alkanes of at least 4 members (excludes halogenated alkanes) is 1. The van der Waals surface area contributed by atoms with Crippen molar-refractivity contribution in [1.29, 1.82) is 0 Å². The van der Waals surface area contributed by atoms with Crippen LogP contribution in [0.2, 0.25) is 0 Å². The van der Waals surface area contributed by atoms with Crippen molar-refractivity contribution < 1.29 is 13.9 Å². The number of hydrogen-bond donors (Lipinski definition) is 2. The number of ether oxygens (including phenoxy) is 2. The van der Waals surface area contributed by atoms with Crippen molar-refractivity contribution >= 4 is 21.9 Å². The summed E-state index contributed by atoms with van der Waals surface area (Å²) in [5.41, 5.74) is 0.737. The van der Waals surface area contributed by atoms with Gasteiger partial charge in [-0.25, -0.2) is 4.39 Å². The Hall–Kier alpha value is -1.18. The van der Waals surface area contributed by atoms with Gasteiger partial charge in [0.2, 0.25) is 0 Å². The monoisotopic (exact) mass is 417 g/mol. The zero-order valence-electron chi connectivity index (χ0n) is 15.1. The topological polar surface area (TPSA) is 54.9 Å². The first-order valence-corrected chi connectivity index (χ1v) is 9.41. The molecule has 0 heterocycles. The average molecular weight is 418 g/mol. The first-order chi connectivity index (χ1) is 12.2. The fourth-order valence-electron chi connectivity index (χ4n) is 2.21. The number of nitrogens with zero attached hydrogens (tertiary/aromatic N) is 1. The Morgan fingerprint density at radius 2 is 1.88 bits per heavy atom. The van der Waals surface area contributed by atoms with Gasteiger partial charge in [0.15, 0.2) is 5.96 Å². The van der Waals surface area contributed by atoms with Crippen LogP contribution in [0.4, 0.5) is 4.39 Å². The lowest BCUT2D eigenvalue weighted by Crippen LogP contribution is -2.38. The summed E-state index contributed by atoms with van der Waals surface area (Å²) in [6.45, 7) is 3.62. The summed E-state index contributed by atoms with van der Waals surface area (Å²) in [6.07, 6.45) is 3.54. The normalized spacial score (nSPS) is 11.6. The molecule has 0 spiro atoms. The highest BCUT2D eigenvalue weighted by atomic mass is 79.9. The van der Waals surface area contributed by atoms with Crippen LogP contribution in [0.25, 0.3) is 0 Å². The molecule has 0 radical (unpaired) electrons. The number of methoxy groups -OCH3 is 1. The second kappa shape index (κ2) is 14.0. The fraction of sp³-hybridized carbons (Fsp3) is 0.611. The molecule has 5 nitrogen and oxygen atoms in total. The molecule has 7 heteroatoms. The van der Waals surface area contributed by atoms with Gasteiger partial charge in [-0.2, -0.15) is 0 Å². The van der Waals surface area contributed by atoms with Crippen molar-refractivity contribution in [2.45, 2.75) is 25.7 Å². The van der Waals surface area contributed by atoms with Crippen LogP contribution in [-0.4, -0.2) is 53.0 Å². The highest BCUT2D eigenvalue weighted by Gasteiger charge is 2.03. The van der Waals surface area contributed by atoms with Crippen LogP contribution >= 0.6 is 15.9 Å². The van der Waals surface area contributed by atoms with Crippen molar-refractivity contribution in [2.75, 3.05) is 47.1 Å². The van der Waals surface area contributed by atoms with Crippen molar-refractivity contribution in [3.8, 4) is 0 Å². The van der Waals surface area contributed by atoms with Crippen LogP contribution in [0.5, 0.6) is 0 Å². The van der Waals surface area contributed by atoms with Gasteiger partial charge in [-0.3, -0.25) is 4.99 Å². The quantitative estimate of drug-likeness (QED) is 0.311. The third-order valence-electron chi connectivity index (χ3n) is 3.59. The van der Waals surface area contributed by atoms with Crippen LogP contribution in [0.15, 0.2) is 27.7 Å². The summed E-state index contributed by atoms with van der Waals surface area (Å²) < 4.78 is 24.8. The summed E-state index contributed by atoms with van der Waals surface area (Å²) in [4.78, 5) is 4.19. The van der Waals surface area contributed by atoms with Gasteiger partial charge in [-0.05, 0) is 43.4 Å². The smallest absolute Gasteiger partial charge is 0.190 e. The Balaban J connectivity index is 2.08. The first kappa shape index (κ1) is 21.9. The molecule has 1 rings (SSSR count). The van der Waals surface area contributed by atoms with Gasteiger partial charge >= 0.3 is 0 Å². The molecule has 142 valence electrons. The van der Waals surface area contributed by atoms with Crippen molar-refractivity contribution in [3.63, 3.8) is 0 Å². The second-order valence-electron chi connectivity index (χ2n) is 5.58. The van der Waals surface area contributed by atoms with Gasteiger partial charge in [-0.1, -0.05) is 22.0 Å². The van der Waals surface area contributed by atoms with E-state index in [0.29, 0.717) is 19.6 Å². The van der Waals surface area contributed by atoms with Crippen molar-refractivity contribution in [1.82, 2.24) is 10.6 Å². The Bertz CT molecular complexity index is 515. The van der Waals surface area contributed by atoms with Gasteiger partial charge in [0.05, 0.1) is 13.2 Å². The third kappa shape index (κ3) is 10.4. The average Bonchev–Trinajstić information content (AvgIpc) is 2.60. The van der Waals surface area contributed by atoms with E-state index in [0.717, 1.165) is 55.0 Å². The minimum atomic E-state index is -0.162. The summed E-state index contributed by atoms with van der Waals surface area (Å²) in [7, 11) is 3.42. The first-order valence-electron chi connectivity index (χ1n) is 8.62. The molecule has 0 aromatic heterocycles. The molecule has 0 aliphatic rings. The molecule has 1 aromatic rings. The number of halogens is 2. The number of guanidine groups is 1. The lowest BCUT2D eigenvalue weighted by atomic mass is 10.1. The minimum absolute atomic E-state index is 0.162. The van der Waals surface area contributed by atoms with Crippen LogP contribution in [0, 0.1) is 5.82 Å². The maximum atomic E-state index is 13.7. The standard InChI is InChI=1S/C18H29BrFN3O2/c1-21-18(22-9-3-4-11-25-13-12-24-2)23-10-5-6-15-7-8-16(19)14-17(15)20/h7-8,14H,3-6,9-13H2,1-2H3,(H2,21,22,23). The van der Waals surface area contributed by atoms with E-state index in [9.17, 15) is 4.39 Å². The Morgan fingerprint density at radius 1 is 1.12 bits per heavy atom. The molecule has 0 fully saturated rings. The van der Waals surface area contributed by atoms with E-state index in [2.05, 4.69) is 31.6 Å². The maximum absolute atomic E-state index is 13.7. The predicted molar refractivity (Wildman–Crippen MR) is 104 cm³/mol. The second-order valence-corrected chi connectivity index (χ2v) is 6.49. The van der Waals surface area contributed by atoms with Crippen LogP contribution in [0.3, 0.4) is 0 Å². The highest BCUT2D eigenvalue weighted by molar-refractivity contribution is 9.10.